The first-order chi connectivity index (χ1) is 11.2. The van der Waals surface area contributed by atoms with Crippen molar-refractivity contribution < 1.29 is 4.79 Å². The number of aromatic nitrogens is 2. The number of H-pyrrole nitrogens is 1. The molecule has 120 valence electrons. The van der Waals surface area contributed by atoms with Crippen LogP contribution in [0, 0.1) is 5.92 Å². The summed E-state index contributed by atoms with van der Waals surface area (Å²) in [6.07, 6.45) is 7.19. The van der Waals surface area contributed by atoms with E-state index in [-0.39, 0.29) is 12.0 Å². The van der Waals surface area contributed by atoms with E-state index in [0.29, 0.717) is 5.91 Å². The molecule has 1 aliphatic carbocycles. The van der Waals surface area contributed by atoms with Gasteiger partial charge in [-0.15, -0.1) is 0 Å². The summed E-state index contributed by atoms with van der Waals surface area (Å²) in [6.45, 7) is 0.858. The van der Waals surface area contributed by atoms with Crippen molar-refractivity contribution in [1.29, 1.82) is 0 Å². The van der Waals surface area contributed by atoms with E-state index in [4.69, 9.17) is 11.6 Å². The van der Waals surface area contributed by atoms with Gasteiger partial charge in [-0.25, -0.2) is 4.98 Å². The third kappa shape index (κ3) is 2.76. The van der Waals surface area contributed by atoms with Gasteiger partial charge in [0.1, 0.15) is 5.82 Å². The van der Waals surface area contributed by atoms with E-state index in [2.05, 4.69) is 9.97 Å². The van der Waals surface area contributed by atoms with Crippen molar-refractivity contribution in [2.45, 2.75) is 38.1 Å². The molecule has 2 heterocycles. The molecule has 1 atom stereocenters. The molecule has 2 fully saturated rings. The van der Waals surface area contributed by atoms with Gasteiger partial charge in [-0.2, -0.15) is 0 Å². The summed E-state index contributed by atoms with van der Waals surface area (Å²) < 4.78 is 0. The molecule has 1 saturated heterocycles. The first-order valence-electron chi connectivity index (χ1n) is 8.34. The highest BCUT2D eigenvalue weighted by Gasteiger charge is 2.37. The summed E-state index contributed by atoms with van der Waals surface area (Å²) in [6, 6.07) is 7.81. The smallest absolute Gasteiger partial charge is 0.226 e. The third-order valence-electron chi connectivity index (χ3n) is 5.06. The van der Waals surface area contributed by atoms with Gasteiger partial charge in [-0.3, -0.25) is 4.79 Å². The van der Waals surface area contributed by atoms with Gasteiger partial charge in [0.05, 0.1) is 17.9 Å². The fraction of sp³-hybridized carbons (Fsp3) is 0.444. The van der Waals surface area contributed by atoms with Crippen molar-refractivity contribution in [3.05, 3.63) is 41.3 Å². The van der Waals surface area contributed by atoms with Gasteiger partial charge in [0.2, 0.25) is 5.91 Å². The zero-order chi connectivity index (χ0) is 15.8. The van der Waals surface area contributed by atoms with E-state index in [1.807, 2.05) is 35.4 Å². The highest BCUT2D eigenvalue weighted by Crippen LogP contribution is 2.36. The van der Waals surface area contributed by atoms with Gasteiger partial charge in [0, 0.05) is 17.5 Å². The number of nitrogens with zero attached hydrogens (tertiary/aromatic N) is 2. The van der Waals surface area contributed by atoms with Gasteiger partial charge in [-0.05, 0) is 43.4 Å². The van der Waals surface area contributed by atoms with E-state index in [1.54, 1.807) is 0 Å². The largest absolute Gasteiger partial charge is 0.340 e. The average molecular weight is 330 g/mol. The van der Waals surface area contributed by atoms with Crippen LogP contribution in [0.15, 0.2) is 30.5 Å². The van der Waals surface area contributed by atoms with Crippen molar-refractivity contribution in [2.24, 2.45) is 5.92 Å². The Morgan fingerprint density at radius 1 is 1.17 bits per heavy atom. The summed E-state index contributed by atoms with van der Waals surface area (Å²) in [5.74, 6) is 1.48. The van der Waals surface area contributed by atoms with Crippen molar-refractivity contribution in [3.8, 4) is 11.3 Å². The highest BCUT2D eigenvalue weighted by atomic mass is 35.5. The van der Waals surface area contributed by atoms with Crippen molar-refractivity contribution in [2.75, 3.05) is 6.54 Å². The van der Waals surface area contributed by atoms with E-state index < -0.39 is 0 Å². The molecule has 2 aromatic rings. The minimum Gasteiger partial charge on any atom is -0.340 e. The van der Waals surface area contributed by atoms with Gasteiger partial charge in [-0.1, -0.05) is 30.2 Å². The SMILES string of the molecule is O=C(C1CCC1)N1CCCC1c1ncc(-c2ccc(Cl)cc2)[nH]1. The van der Waals surface area contributed by atoms with Crippen LogP contribution in [0.4, 0.5) is 0 Å². The lowest BCUT2D eigenvalue weighted by Crippen LogP contribution is -2.38. The molecule has 1 unspecified atom stereocenters. The molecular formula is C18H20ClN3O. The lowest BCUT2D eigenvalue weighted by atomic mass is 9.84. The fourth-order valence-corrected chi connectivity index (χ4v) is 3.61. The number of halogens is 1. The maximum absolute atomic E-state index is 12.6. The maximum atomic E-state index is 12.6. The molecule has 2 aliphatic rings. The Bertz CT molecular complexity index is 705. The Balaban J connectivity index is 1.55. The molecule has 4 nitrogen and oxygen atoms in total. The summed E-state index contributed by atoms with van der Waals surface area (Å²) in [7, 11) is 0. The van der Waals surface area contributed by atoms with E-state index in [9.17, 15) is 4.79 Å². The molecule has 4 rings (SSSR count). The standard InChI is InChI=1S/C18H20ClN3O/c19-14-8-6-12(7-9-14)15-11-20-17(21-15)16-5-2-10-22(16)18(23)13-3-1-4-13/h6-9,11,13,16H,1-5,10H2,(H,20,21). The number of rotatable bonds is 3. The van der Waals surface area contributed by atoms with Gasteiger partial charge in [0.25, 0.3) is 0 Å². The second-order valence-corrected chi connectivity index (χ2v) is 6.94. The first kappa shape index (κ1) is 14.8. The summed E-state index contributed by atoms with van der Waals surface area (Å²) in [4.78, 5) is 22.6. The van der Waals surface area contributed by atoms with E-state index in [0.717, 1.165) is 54.3 Å². The lowest BCUT2D eigenvalue weighted by Gasteiger charge is -2.32. The molecule has 1 aromatic carbocycles. The molecule has 5 heteroatoms. The number of aromatic amines is 1. The zero-order valence-corrected chi connectivity index (χ0v) is 13.7. The van der Waals surface area contributed by atoms with Gasteiger partial charge >= 0.3 is 0 Å². The van der Waals surface area contributed by atoms with Crippen LogP contribution in [0.3, 0.4) is 0 Å². The van der Waals surface area contributed by atoms with Crippen LogP contribution in [0.1, 0.15) is 44.0 Å². The molecule has 1 aliphatic heterocycles. The minimum absolute atomic E-state index is 0.101. The van der Waals surface area contributed by atoms with Crippen LogP contribution in [0.2, 0.25) is 5.02 Å². The third-order valence-corrected chi connectivity index (χ3v) is 5.31. The maximum Gasteiger partial charge on any atom is 0.226 e. The number of likely N-dealkylation sites (tertiary alicyclic amines) is 1. The van der Waals surface area contributed by atoms with Crippen LogP contribution in [-0.4, -0.2) is 27.3 Å². The quantitative estimate of drug-likeness (QED) is 0.917. The number of hydrogen-bond donors (Lipinski definition) is 1. The van der Waals surface area contributed by atoms with Crippen LogP contribution in [-0.2, 0) is 4.79 Å². The zero-order valence-electron chi connectivity index (χ0n) is 13.0. The number of carbonyl (C=O) groups excluding carboxylic acids is 1. The Hall–Kier alpha value is -1.81. The Morgan fingerprint density at radius 3 is 2.65 bits per heavy atom. The molecule has 1 aromatic heterocycles. The summed E-state index contributed by atoms with van der Waals surface area (Å²) >= 11 is 5.94. The molecule has 0 spiro atoms. The number of benzene rings is 1. The molecule has 1 N–H and O–H groups in total. The minimum atomic E-state index is 0.101. The number of carbonyl (C=O) groups is 1. The van der Waals surface area contributed by atoms with Crippen LogP contribution >= 0.6 is 11.6 Å². The molecule has 0 radical (unpaired) electrons. The Labute approximate surface area is 140 Å². The van der Waals surface area contributed by atoms with E-state index in [1.165, 1.54) is 6.42 Å². The summed E-state index contributed by atoms with van der Waals surface area (Å²) in [5.41, 5.74) is 2.03. The molecule has 1 saturated carbocycles. The van der Waals surface area contributed by atoms with Crippen molar-refractivity contribution in [1.82, 2.24) is 14.9 Å². The monoisotopic (exact) mass is 329 g/mol. The molecule has 1 amide bonds. The normalized spacial score (nSPS) is 21.4. The van der Waals surface area contributed by atoms with Crippen molar-refractivity contribution in [3.63, 3.8) is 0 Å². The Morgan fingerprint density at radius 2 is 1.96 bits per heavy atom. The van der Waals surface area contributed by atoms with Gasteiger partial charge < -0.3 is 9.88 Å². The Kier molecular flexibility index (Phi) is 3.85. The fourth-order valence-electron chi connectivity index (χ4n) is 3.49. The predicted octanol–water partition coefficient (Wildman–Crippen LogP) is 4.19. The first-order valence-corrected chi connectivity index (χ1v) is 8.71. The van der Waals surface area contributed by atoms with Crippen LogP contribution in [0.5, 0.6) is 0 Å². The highest BCUT2D eigenvalue weighted by molar-refractivity contribution is 6.30. The second kappa shape index (κ2) is 6.00. The topological polar surface area (TPSA) is 49.0 Å². The number of imidazole rings is 1. The van der Waals surface area contributed by atoms with Gasteiger partial charge in [0.15, 0.2) is 0 Å². The second-order valence-electron chi connectivity index (χ2n) is 6.51. The van der Waals surface area contributed by atoms with Crippen molar-refractivity contribution >= 4 is 17.5 Å². The summed E-state index contributed by atoms with van der Waals surface area (Å²) in [5, 5.41) is 0.724. The van der Waals surface area contributed by atoms with Crippen LogP contribution < -0.4 is 0 Å². The van der Waals surface area contributed by atoms with Crippen LogP contribution in [0.25, 0.3) is 11.3 Å². The molecular weight excluding hydrogens is 310 g/mol. The molecule has 23 heavy (non-hydrogen) atoms. The van der Waals surface area contributed by atoms with E-state index >= 15 is 0 Å². The molecule has 0 bridgehead atoms. The number of hydrogen-bond acceptors (Lipinski definition) is 2. The average Bonchev–Trinajstić information content (AvgIpc) is 3.15. The number of nitrogens with one attached hydrogen (secondary N) is 1. The number of amides is 1. The lowest BCUT2D eigenvalue weighted by molar-refractivity contribution is -0.139. The predicted molar refractivity (Wildman–Crippen MR) is 90.1 cm³/mol.